The van der Waals surface area contributed by atoms with E-state index >= 15 is 0 Å². The molecule has 0 spiro atoms. The Kier molecular flexibility index (Phi) is 8.08. The highest BCUT2D eigenvalue weighted by Gasteiger charge is 2.28. The summed E-state index contributed by atoms with van der Waals surface area (Å²) in [6, 6.07) is 16.0. The van der Waals surface area contributed by atoms with Crippen molar-refractivity contribution in [2.75, 3.05) is 13.2 Å². The molecule has 0 saturated carbocycles. The fourth-order valence-electron chi connectivity index (χ4n) is 4.64. The lowest BCUT2D eigenvalue weighted by Gasteiger charge is -2.05. The van der Waals surface area contributed by atoms with Crippen molar-refractivity contribution in [2.24, 2.45) is 0 Å². The van der Waals surface area contributed by atoms with Crippen LogP contribution in [0.3, 0.4) is 0 Å². The maximum atomic E-state index is 13.3. The zero-order chi connectivity index (χ0) is 27.4. The first-order valence-corrected chi connectivity index (χ1v) is 13.3. The number of aromatic nitrogens is 1. The summed E-state index contributed by atoms with van der Waals surface area (Å²) in [7, 11) is 0. The first-order chi connectivity index (χ1) is 18.3. The Balaban J connectivity index is 1.71. The fourth-order valence-corrected chi connectivity index (χ4v) is 5.83. The number of para-hydroxylation sites is 1. The lowest BCUT2D eigenvalue weighted by Crippen LogP contribution is -2.12. The number of hydrogen-bond acceptors (Lipinski definition) is 7. The van der Waals surface area contributed by atoms with Crippen molar-refractivity contribution in [2.45, 2.75) is 40.7 Å². The molecule has 194 valence electrons. The van der Waals surface area contributed by atoms with E-state index in [-0.39, 0.29) is 35.6 Å². The number of carbonyl (C=O) groups is 3. The first-order valence-electron chi connectivity index (χ1n) is 12.5. The quantitative estimate of drug-likeness (QED) is 0.145. The van der Waals surface area contributed by atoms with E-state index < -0.39 is 17.7 Å². The van der Waals surface area contributed by atoms with Crippen molar-refractivity contribution < 1.29 is 23.9 Å². The third kappa shape index (κ3) is 4.98. The van der Waals surface area contributed by atoms with Crippen molar-refractivity contribution in [1.82, 2.24) is 4.57 Å². The second-order valence-electron chi connectivity index (χ2n) is 8.60. The molecule has 0 aliphatic rings. The second-order valence-corrected chi connectivity index (χ2v) is 9.71. The minimum atomic E-state index is -0.611. The smallest absolute Gasteiger partial charge is 0.348 e. The number of hydrogen-bond donors (Lipinski definition) is 0. The van der Waals surface area contributed by atoms with E-state index in [0.29, 0.717) is 10.4 Å². The van der Waals surface area contributed by atoms with Gasteiger partial charge in [0.25, 0.3) is 0 Å². The standard InChI is InChI=1S/C30H28N2O5S/c1-5-32-23-11-9-8-10-21(23)22-15-19(12-13-24(22)32)14-20(17-31)25(33)16-26-27(29(34)36-6-2)18(4)28(38-26)30(35)37-7-3/h8-15H,5-7,16H2,1-4H3/b20-14+. The Morgan fingerprint density at radius 3 is 2.34 bits per heavy atom. The number of allylic oxidation sites excluding steroid dienone is 1. The van der Waals surface area contributed by atoms with E-state index in [1.807, 2.05) is 36.4 Å². The normalized spacial score (nSPS) is 11.5. The van der Waals surface area contributed by atoms with Crippen LogP contribution in [0.15, 0.2) is 48.0 Å². The van der Waals surface area contributed by atoms with Gasteiger partial charge in [0, 0.05) is 39.6 Å². The van der Waals surface area contributed by atoms with Gasteiger partial charge in [0.1, 0.15) is 10.9 Å². The van der Waals surface area contributed by atoms with Crippen LogP contribution in [0.5, 0.6) is 0 Å². The summed E-state index contributed by atoms with van der Waals surface area (Å²) in [5, 5.41) is 12.0. The van der Waals surface area contributed by atoms with Crippen LogP contribution in [0.4, 0.5) is 0 Å². The van der Waals surface area contributed by atoms with Gasteiger partial charge < -0.3 is 14.0 Å². The molecule has 0 unspecified atom stereocenters. The highest BCUT2D eigenvalue weighted by molar-refractivity contribution is 7.14. The van der Waals surface area contributed by atoms with Crippen molar-refractivity contribution in [1.29, 1.82) is 5.26 Å². The summed E-state index contributed by atoms with van der Waals surface area (Å²) in [5.41, 5.74) is 3.48. The second kappa shape index (κ2) is 11.4. The molecule has 2 aromatic carbocycles. The number of benzene rings is 2. The van der Waals surface area contributed by atoms with E-state index in [0.717, 1.165) is 45.3 Å². The average Bonchev–Trinajstić information content (AvgIpc) is 3.41. The number of Topliss-reactive ketones (excluding diaryl/α,β-unsaturated/α-hetero) is 1. The summed E-state index contributed by atoms with van der Waals surface area (Å²) in [4.78, 5) is 39.0. The predicted octanol–water partition coefficient (Wildman–Crippen LogP) is 6.26. The molecule has 8 heteroatoms. The monoisotopic (exact) mass is 528 g/mol. The molecule has 0 radical (unpaired) electrons. The van der Waals surface area contributed by atoms with Crippen molar-refractivity contribution in [3.05, 3.63) is 74.5 Å². The van der Waals surface area contributed by atoms with Crippen molar-refractivity contribution in [3.63, 3.8) is 0 Å². The molecule has 0 fully saturated rings. The summed E-state index contributed by atoms with van der Waals surface area (Å²) in [6.07, 6.45) is 1.35. The molecule has 0 aliphatic carbocycles. The molecule has 7 nitrogen and oxygen atoms in total. The number of thiophene rings is 1. The lowest BCUT2D eigenvalue weighted by molar-refractivity contribution is -0.114. The maximum absolute atomic E-state index is 13.3. The summed E-state index contributed by atoms with van der Waals surface area (Å²) >= 11 is 1.02. The third-order valence-corrected chi connectivity index (χ3v) is 7.60. The van der Waals surface area contributed by atoms with Crippen LogP contribution >= 0.6 is 11.3 Å². The van der Waals surface area contributed by atoms with Gasteiger partial charge in [0.15, 0.2) is 5.78 Å². The van der Waals surface area contributed by atoms with Gasteiger partial charge in [-0.15, -0.1) is 11.3 Å². The van der Waals surface area contributed by atoms with Gasteiger partial charge in [0.2, 0.25) is 0 Å². The van der Waals surface area contributed by atoms with Crippen LogP contribution in [0.2, 0.25) is 0 Å². The van der Waals surface area contributed by atoms with Gasteiger partial charge in [-0.2, -0.15) is 5.26 Å². The number of aryl methyl sites for hydroxylation is 1. The highest BCUT2D eigenvalue weighted by Crippen LogP contribution is 2.32. The molecule has 0 saturated heterocycles. The number of rotatable bonds is 9. The molecule has 0 aliphatic heterocycles. The van der Waals surface area contributed by atoms with E-state index in [1.165, 1.54) is 0 Å². The van der Waals surface area contributed by atoms with Gasteiger partial charge in [-0.25, -0.2) is 9.59 Å². The van der Waals surface area contributed by atoms with Crippen LogP contribution in [0, 0.1) is 18.3 Å². The Hall–Kier alpha value is -4.22. The van der Waals surface area contributed by atoms with Gasteiger partial charge in [0.05, 0.1) is 24.4 Å². The number of nitrogens with zero attached hydrogens (tertiary/aromatic N) is 2. The van der Waals surface area contributed by atoms with Crippen LogP contribution in [-0.4, -0.2) is 35.5 Å². The predicted molar refractivity (Wildman–Crippen MR) is 148 cm³/mol. The molecular formula is C30H28N2O5S. The molecule has 0 N–H and O–H groups in total. The molecule has 2 heterocycles. The molecule has 2 aromatic heterocycles. The SMILES string of the molecule is CCOC(=O)c1sc(CC(=O)/C(C#N)=C/c2ccc3c(c2)c2ccccc2n3CC)c(C(=O)OCC)c1C. The molecule has 0 bridgehead atoms. The maximum Gasteiger partial charge on any atom is 0.348 e. The minimum Gasteiger partial charge on any atom is -0.462 e. The van der Waals surface area contributed by atoms with Crippen LogP contribution in [0.1, 0.15) is 56.8 Å². The van der Waals surface area contributed by atoms with Crippen LogP contribution < -0.4 is 0 Å². The Morgan fingerprint density at radius 1 is 0.974 bits per heavy atom. The number of ether oxygens (including phenoxy) is 2. The summed E-state index contributed by atoms with van der Waals surface area (Å²) in [6.45, 7) is 8.25. The average molecular weight is 529 g/mol. The number of fused-ring (bicyclic) bond motifs is 3. The molecule has 38 heavy (non-hydrogen) atoms. The van der Waals surface area contributed by atoms with E-state index in [4.69, 9.17) is 9.47 Å². The van der Waals surface area contributed by atoms with Crippen molar-refractivity contribution >= 4 is 56.9 Å². The molecule has 4 aromatic rings. The number of nitriles is 1. The zero-order valence-corrected chi connectivity index (χ0v) is 22.6. The number of esters is 2. The molecule has 0 atom stereocenters. The van der Waals surface area contributed by atoms with Gasteiger partial charge in [-0.05, 0) is 63.1 Å². The van der Waals surface area contributed by atoms with E-state index in [2.05, 4.69) is 23.6 Å². The Labute approximate surface area is 224 Å². The van der Waals surface area contributed by atoms with Crippen LogP contribution in [0.25, 0.3) is 27.9 Å². The Morgan fingerprint density at radius 2 is 1.66 bits per heavy atom. The molecule has 0 amide bonds. The van der Waals surface area contributed by atoms with E-state index in [1.54, 1.807) is 26.8 Å². The van der Waals surface area contributed by atoms with E-state index in [9.17, 15) is 19.6 Å². The minimum absolute atomic E-state index is 0.0397. The van der Waals surface area contributed by atoms with Gasteiger partial charge >= 0.3 is 11.9 Å². The zero-order valence-electron chi connectivity index (χ0n) is 21.8. The molecule has 4 rings (SSSR count). The van der Waals surface area contributed by atoms with Crippen LogP contribution in [-0.2, 0) is 27.2 Å². The van der Waals surface area contributed by atoms with Crippen molar-refractivity contribution in [3.8, 4) is 6.07 Å². The summed E-state index contributed by atoms with van der Waals surface area (Å²) < 4.78 is 12.5. The largest absolute Gasteiger partial charge is 0.462 e. The number of carbonyl (C=O) groups excluding carboxylic acids is 3. The lowest BCUT2D eigenvalue weighted by atomic mass is 10.0. The fraction of sp³-hybridized carbons (Fsp3) is 0.267. The van der Waals surface area contributed by atoms with Gasteiger partial charge in [-0.3, -0.25) is 4.79 Å². The highest BCUT2D eigenvalue weighted by atomic mass is 32.1. The Bertz CT molecular complexity index is 1630. The first kappa shape index (κ1) is 26.8. The third-order valence-electron chi connectivity index (χ3n) is 6.33. The van der Waals surface area contributed by atoms with Gasteiger partial charge in [-0.1, -0.05) is 24.3 Å². The summed E-state index contributed by atoms with van der Waals surface area (Å²) in [5.74, 6) is -1.62. The topological polar surface area (TPSA) is 98.4 Å². The molecular weight excluding hydrogens is 500 g/mol. The number of ketones is 1.